The Morgan fingerprint density at radius 1 is 0.333 bits per heavy atom. The smallest absolute Gasteiger partial charge is 0.550 e. The number of aliphatic carboxylic acids is 2. The Balaban J connectivity index is -0.000000328. The summed E-state index contributed by atoms with van der Waals surface area (Å²) in [5, 5.41) is 20.4. The van der Waals surface area contributed by atoms with E-state index in [2.05, 4.69) is 13.8 Å². The summed E-state index contributed by atoms with van der Waals surface area (Å²) >= 11 is 0. The molecule has 0 fully saturated rings. The van der Waals surface area contributed by atoms with E-state index >= 15 is 0 Å². The fraction of sp³-hybridized carbons (Fsp3) is 0.944. The molecule has 0 heterocycles. The molecule has 0 aliphatic heterocycles. The SMILES string of the molecule is CCCCCCCCCCCCCCCCCC(=O)[O-].CCCCCCCCCCCCCCCCCC(=O)[O-].[Al+3].[Ba+2]. The van der Waals surface area contributed by atoms with Crippen LogP contribution in [0.15, 0.2) is 0 Å². The van der Waals surface area contributed by atoms with Crippen LogP contribution in [-0.2, 0) is 9.59 Å². The molecule has 0 atom stereocenters. The topological polar surface area (TPSA) is 80.3 Å². The van der Waals surface area contributed by atoms with Gasteiger partial charge in [-0.1, -0.05) is 194 Å². The Morgan fingerprint density at radius 2 is 0.476 bits per heavy atom. The maximum absolute atomic E-state index is 10.2. The largest absolute Gasteiger partial charge is 3.00 e. The molecule has 0 N–H and O–H groups in total. The Kier molecular flexibility index (Phi) is 55.2. The number of carboxylic acids is 2. The molecule has 0 aromatic heterocycles. The van der Waals surface area contributed by atoms with E-state index in [0.717, 1.165) is 25.7 Å². The van der Waals surface area contributed by atoms with Crippen LogP contribution in [0, 0.1) is 0 Å². The number of hydrogen-bond acceptors (Lipinski definition) is 4. The van der Waals surface area contributed by atoms with Gasteiger partial charge in [-0.3, -0.25) is 0 Å². The predicted octanol–water partition coefficient (Wildman–Crippen LogP) is 9.23. The third-order valence-corrected chi connectivity index (χ3v) is 7.97. The van der Waals surface area contributed by atoms with E-state index < -0.39 is 11.9 Å². The monoisotopic (exact) mass is 731 g/mol. The summed E-state index contributed by atoms with van der Waals surface area (Å²) in [5.41, 5.74) is 0. The Hall–Kier alpha value is 1.04. The van der Waals surface area contributed by atoms with E-state index in [-0.39, 0.29) is 79.1 Å². The van der Waals surface area contributed by atoms with Gasteiger partial charge in [0.2, 0.25) is 0 Å². The first-order valence-electron chi connectivity index (χ1n) is 17.9. The molecular weight excluding hydrogens is 661 g/mol. The Morgan fingerprint density at radius 3 is 0.619 bits per heavy atom. The molecule has 0 bridgehead atoms. The van der Waals surface area contributed by atoms with Crippen LogP contribution in [0.5, 0.6) is 0 Å². The van der Waals surface area contributed by atoms with Gasteiger partial charge in [0.15, 0.2) is 0 Å². The number of rotatable bonds is 32. The van der Waals surface area contributed by atoms with Crippen molar-refractivity contribution in [3.05, 3.63) is 0 Å². The standard InChI is InChI=1S/2C18H36O2.Al.Ba/c2*1-2-3-4-5-6-7-8-9-10-11-12-13-14-15-16-17-18(19)20;;/h2*2-17H2,1H3,(H,19,20);;/q;;+3;+2/p-2. The minimum Gasteiger partial charge on any atom is -0.550 e. The van der Waals surface area contributed by atoms with Crippen LogP contribution >= 0.6 is 0 Å². The van der Waals surface area contributed by atoms with Gasteiger partial charge in [-0.2, -0.15) is 0 Å². The van der Waals surface area contributed by atoms with E-state index in [0.29, 0.717) is 0 Å². The first-order valence-corrected chi connectivity index (χ1v) is 17.9. The summed E-state index contributed by atoms with van der Waals surface area (Å²) in [6, 6.07) is 0. The first kappa shape index (κ1) is 49.9. The van der Waals surface area contributed by atoms with E-state index in [1.807, 2.05) is 0 Å². The molecule has 6 heteroatoms. The zero-order chi connectivity index (χ0) is 29.8. The van der Waals surface area contributed by atoms with E-state index in [1.165, 1.54) is 167 Å². The van der Waals surface area contributed by atoms with Gasteiger partial charge in [-0.25, -0.2) is 0 Å². The second-order valence-electron chi connectivity index (χ2n) is 12.1. The predicted molar refractivity (Wildman–Crippen MR) is 181 cm³/mol. The minimum absolute atomic E-state index is 0. The van der Waals surface area contributed by atoms with Crippen molar-refractivity contribution in [1.82, 2.24) is 0 Å². The normalized spacial score (nSPS) is 10.3. The molecule has 0 aliphatic carbocycles. The molecule has 0 amide bonds. The van der Waals surface area contributed by atoms with Crippen molar-refractivity contribution in [2.75, 3.05) is 0 Å². The van der Waals surface area contributed by atoms with Gasteiger partial charge in [0.25, 0.3) is 0 Å². The molecule has 0 aliphatic rings. The maximum Gasteiger partial charge on any atom is 3.00 e. The average molecular weight is 731 g/mol. The van der Waals surface area contributed by atoms with Crippen LogP contribution in [0.3, 0.4) is 0 Å². The van der Waals surface area contributed by atoms with Gasteiger partial charge in [-0.05, 0) is 25.7 Å². The van der Waals surface area contributed by atoms with Crippen LogP contribution in [0.4, 0.5) is 0 Å². The maximum atomic E-state index is 10.2. The number of hydrogen-bond donors (Lipinski definition) is 0. The van der Waals surface area contributed by atoms with E-state index in [9.17, 15) is 19.8 Å². The quantitative estimate of drug-likeness (QED) is 0.0511. The van der Waals surface area contributed by atoms with E-state index in [1.54, 1.807) is 0 Å². The van der Waals surface area contributed by atoms with Gasteiger partial charge in [0.1, 0.15) is 0 Å². The Labute approximate surface area is 314 Å². The van der Waals surface area contributed by atoms with Crippen LogP contribution in [0.1, 0.15) is 219 Å². The average Bonchev–Trinajstić information content (AvgIpc) is 2.93. The zero-order valence-electron chi connectivity index (χ0n) is 28.5. The van der Waals surface area contributed by atoms with Gasteiger partial charge in [0.05, 0.1) is 0 Å². The molecule has 0 saturated heterocycles. The molecule has 0 saturated carbocycles. The molecule has 42 heavy (non-hydrogen) atoms. The third kappa shape index (κ3) is 53.6. The molecule has 4 nitrogen and oxygen atoms in total. The van der Waals surface area contributed by atoms with Crippen LogP contribution in [-0.4, -0.2) is 78.2 Å². The number of carboxylic acid groups (broad SMARTS) is 2. The summed E-state index contributed by atoms with van der Waals surface area (Å²) in [6.45, 7) is 4.53. The van der Waals surface area contributed by atoms with Crippen LogP contribution in [0.25, 0.3) is 0 Å². The van der Waals surface area contributed by atoms with Gasteiger partial charge in [-0.15, -0.1) is 0 Å². The number of unbranched alkanes of at least 4 members (excludes halogenated alkanes) is 28. The fourth-order valence-electron chi connectivity index (χ4n) is 5.28. The number of carbonyl (C=O) groups is 2. The van der Waals surface area contributed by atoms with Crippen LogP contribution in [0.2, 0.25) is 0 Å². The van der Waals surface area contributed by atoms with Crippen molar-refractivity contribution in [3.63, 3.8) is 0 Å². The molecule has 240 valence electrons. The second-order valence-corrected chi connectivity index (χ2v) is 12.1. The third-order valence-electron chi connectivity index (χ3n) is 7.97. The molecule has 0 aromatic carbocycles. The van der Waals surface area contributed by atoms with Crippen LogP contribution < -0.4 is 10.2 Å². The Bertz CT molecular complexity index is 461. The van der Waals surface area contributed by atoms with Gasteiger partial charge >= 0.3 is 66.2 Å². The zero-order valence-corrected chi connectivity index (χ0v) is 34.1. The summed E-state index contributed by atoms with van der Waals surface area (Å²) in [4.78, 5) is 20.4. The van der Waals surface area contributed by atoms with Crippen molar-refractivity contribution in [1.29, 1.82) is 0 Å². The molecule has 0 radical (unpaired) electrons. The second kappa shape index (κ2) is 46.5. The molecule has 0 aromatic rings. The van der Waals surface area contributed by atoms with Crippen molar-refractivity contribution in [2.24, 2.45) is 0 Å². The summed E-state index contributed by atoms with van der Waals surface area (Å²) < 4.78 is 0. The molecule has 0 rings (SSSR count). The minimum atomic E-state index is -0.903. The molecule has 0 spiro atoms. The molecular formula is C36H70AlBaO4+3. The van der Waals surface area contributed by atoms with E-state index in [4.69, 9.17) is 0 Å². The first-order chi connectivity index (χ1) is 19.5. The summed E-state index contributed by atoms with van der Waals surface area (Å²) in [7, 11) is 0. The van der Waals surface area contributed by atoms with Crippen molar-refractivity contribution in [3.8, 4) is 0 Å². The van der Waals surface area contributed by atoms with Crippen molar-refractivity contribution < 1.29 is 19.8 Å². The van der Waals surface area contributed by atoms with Gasteiger partial charge < -0.3 is 19.8 Å². The fourth-order valence-corrected chi connectivity index (χ4v) is 5.28. The number of carbonyl (C=O) groups excluding carboxylic acids is 2. The van der Waals surface area contributed by atoms with Crippen molar-refractivity contribution >= 4 is 78.2 Å². The summed E-state index contributed by atoms with van der Waals surface area (Å²) in [5.74, 6) is -1.81. The van der Waals surface area contributed by atoms with Gasteiger partial charge in [0, 0.05) is 11.9 Å². The van der Waals surface area contributed by atoms with Crippen molar-refractivity contribution in [2.45, 2.75) is 219 Å². The summed E-state index contributed by atoms with van der Waals surface area (Å²) in [6.07, 6.45) is 39.7. The molecule has 0 unspecified atom stereocenters.